The average Bonchev–Trinajstić information content (AvgIpc) is 2.29. The van der Waals surface area contributed by atoms with E-state index in [-0.39, 0.29) is 11.3 Å². The van der Waals surface area contributed by atoms with Crippen molar-refractivity contribution in [3.8, 4) is 17.0 Å². The summed E-state index contributed by atoms with van der Waals surface area (Å²) in [5.41, 5.74) is 0.134. The quantitative estimate of drug-likeness (QED) is 0.836. The molecule has 1 aromatic heterocycles. The van der Waals surface area contributed by atoms with Crippen LogP contribution in [0, 0.1) is 5.82 Å². The number of benzene rings is 1. The molecule has 0 atom stereocenters. The Morgan fingerprint density at radius 2 is 2.19 bits per heavy atom. The molecule has 5 heteroatoms. The van der Waals surface area contributed by atoms with Gasteiger partial charge in [-0.1, -0.05) is 6.07 Å². The number of nitrogens with one attached hydrogen (secondary N) is 1. The van der Waals surface area contributed by atoms with Gasteiger partial charge in [-0.15, -0.1) is 0 Å². The minimum absolute atomic E-state index is 0.134. The van der Waals surface area contributed by atoms with Crippen molar-refractivity contribution in [3.63, 3.8) is 0 Å². The van der Waals surface area contributed by atoms with E-state index in [4.69, 9.17) is 4.74 Å². The van der Waals surface area contributed by atoms with Crippen molar-refractivity contribution in [2.45, 2.75) is 0 Å². The first-order valence-corrected chi connectivity index (χ1v) is 4.60. The number of aromatic nitrogens is 2. The van der Waals surface area contributed by atoms with E-state index in [0.29, 0.717) is 5.69 Å². The van der Waals surface area contributed by atoms with Crippen molar-refractivity contribution >= 4 is 0 Å². The minimum atomic E-state index is -0.514. The van der Waals surface area contributed by atoms with E-state index < -0.39 is 11.5 Å². The lowest BCUT2D eigenvalue weighted by Gasteiger charge is -2.06. The fourth-order valence-corrected chi connectivity index (χ4v) is 1.40. The van der Waals surface area contributed by atoms with Gasteiger partial charge in [0.25, 0.3) is 0 Å². The van der Waals surface area contributed by atoms with Crippen molar-refractivity contribution in [3.05, 3.63) is 46.8 Å². The zero-order valence-electron chi connectivity index (χ0n) is 8.53. The van der Waals surface area contributed by atoms with Gasteiger partial charge in [0.15, 0.2) is 11.6 Å². The van der Waals surface area contributed by atoms with Gasteiger partial charge in [0.05, 0.1) is 12.8 Å². The molecule has 0 spiro atoms. The summed E-state index contributed by atoms with van der Waals surface area (Å²) in [6.45, 7) is 0. The second-order valence-electron chi connectivity index (χ2n) is 3.11. The molecule has 2 rings (SSSR count). The van der Waals surface area contributed by atoms with Crippen LogP contribution >= 0.6 is 0 Å². The van der Waals surface area contributed by atoms with Gasteiger partial charge in [-0.2, -0.15) is 0 Å². The van der Waals surface area contributed by atoms with E-state index >= 15 is 0 Å². The zero-order chi connectivity index (χ0) is 11.5. The van der Waals surface area contributed by atoms with Crippen molar-refractivity contribution in [1.82, 2.24) is 9.97 Å². The topological polar surface area (TPSA) is 55.0 Å². The van der Waals surface area contributed by atoms with Crippen LogP contribution in [0.2, 0.25) is 0 Å². The number of H-pyrrole nitrogens is 1. The van der Waals surface area contributed by atoms with E-state index in [1.54, 1.807) is 12.1 Å². The molecule has 1 aromatic carbocycles. The smallest absolute Gasteiger partial charge is 0.345 e. The van der Waals surface area contributed by atoms with Crippen molar-refractivity contribution in [2.75, 3.05) is 7.11 Å². The molecule has 0 saturated heterocycles. The maximum atomic E-state index is 13.8. The number of ether oxygens (including phenoxy) is 1. The molecule has 82 valence electrons. The Kier molecular flexibility index (Phi) is 2.68. The summed E-state index contributed by atoms with van der Waals surface area (Å²) in [5.74, 6) is -0.373. The van der Waals surface area contributed by atoms with E-state index in [2.05, 4.69) is 9.97 Å². The summed E-state index contributed by atoms with van der Waals surface area (Å²) in [7, 11) is 1.39. The van der Waals surface area contributed by atoms with Crippen LogP contribution in [0.15, 0.2) is 35.3 Å². The summed E-state index contributed by atoms with van der Waals surface area (Å²) in [5, 5.41) is 0. The third kappa shape index (κ3) is 1.79. The van der Waals surface area contributed by atoms with Crippen molar-refractivity contribution in [1.29, 1.82) is 0 Å². The standard InChI is InChI=1S/C11H9FN2O2/c1-16-9-4-2-3-7(10(9)12)8-5-6-13-11(15)14-8/h2-6H,1H3,(H,13,14,15). The largest absolute Gasteiger partial charge is 0.494 e. The van der Waals surface area contributed by atoms with Gasteiger partial charge in [-0.05, 0) is 18.2 Å². The van der Waals surface area contributed by atoms with Crippen LogP contribution in [0.4, 0.5) is 4.39 Å². The first-order valence-electron chi connectivity index (χ1n) is 4.60. The maximum Gasteiger partial charge on any atom is 0.345 e. The predicted octanol–water partition coefficient (Wildman–Crippen LogP) is 1.58. The molecular weight excluding hydrogens is 211 g/mol. The molecule has 16 heavy (non-hydrogen) atoms. The van der Waals surface area contributed by atoms with Crippen LogP contribution in [-0.2, 0) is 0 Å². The van der Waals surface area contributed by atoms with E-state index in [1.165, 1.54) is 25.4 Å². The van der Waals surface area contributed by atoms with E-state index in [9.17, 15) is 9.18 Å². The number of halogens is 1. The second kappa shape index (κ2) is 4.14. The first-order chi connectivity index (χ1) is 7.72. The molecule has 0 fully saturated rings. The predicted molar refractivity (Wildman–Crippen MR) is 56.8 cm³/mol. The number of methoxy groups -OCH3 is 1. The van der Waals surface area contributed by atoms with Gasteiger partial charge in [-0.3, -0.25) is 0 Å². The lowest BCUT2D eigenvalue weighted by Crippen LogP contribution is -2.09. The molecule has 0 aliphatic rings. The Bertz CT molecular complexity index is 566. The first kappa shape index (κ1) is 10.4. The van der Waals surface area contributed by atoms with Crippen molar-refractivity contribution in [2.24, 2.45) is 0 Å². The van der Waals surface area contributed by atoms with Gasteiger partial charge in [0.1, 0.15) is 0 Å². The average molecular weight is 220 g/mol. The zero-order valence-corrected chi connectivity index (χ0v) is 8.53. The molecule has 0 amide bonds. The Labute approximate surface area is 90.7 Å². The summed E-state index contributed by atoms with van der Waals surface area (Å²) < 4.78 is 18.7. The van der Waals surface area contributed by atoms with Crippen LogP contribution in [0.5, 0.6) is 5.75 Å². The highest BCUT2D eigenvalue weighted by Crippen LogP contribution is 2.26. The highest BCUT2D eigenvalue weighted by molar-refractivity contribution is 5.61. The summed E-state index contributed by atoms with van der Waals surface area (Å²) in [6, 6.07) is 6.25. The number of nitrogens with zero attached hydrogens (tertiary/aromatic N) is 1. The van der Waals surface area contributed by atoms with Gasteiger partial charge in [0, 0.05) is 11.8 Å². The highest BCUT2D eigenvalue weighted by atomic mass is 19.1. The van der Waals surface area contributed by atoms with Crippen LogP contribution in [0.3, 0.4) is 0 Å². The molecule has 0 bridgehead atoms. The van der Waals surface area contributed by atoms with Gasteiger partial charge >= 0.3 is 5.69 Å². The fraction of sp³-hybridized carbons (Fsp3) is 0.0909. The lowest BCUT2D eigenvalue weighted by atomic mass is 10.1. The van der Waals surface area contributed by atoms with E-state index in [0.717, 1.165) is 0 Å². The summed E-state index contributed by atoms with van der Waals surface area (Å²) in [6.07, 6.45) is 1.33. The monoisotopic (exact) mass is 220 g/mol. The van der Waals surface area contributed by atoms with Crippen LogP contribution in [0.1, 0.15) is 0 Å². The summed E-state index contributed by atoms with van der Waals surface area (Å²) in [4.78, 5) is 16.9. The number of hydrogen-bond donors (Lipinski definition) is 1. The molecule has 0 aliphatic heterocycles. The van der Waals surface area contributed by atoms with Gasteiger partial charge in [0.2, 0.25) is 0 Å². The molecule has 0 radical (unpaired) electrons. The SMILES string of the molecule is COc1cccc(-c2ccnc(=O)[nH]2)c1F. The molecule has 0 unspecified atom stereocenters. The molecule has 0 aliphatic carbocycles. The molecule has 1 heterocycles. The number of aromatic amines is 1. The molecule has 2 aromatic rings. The molecule has 4 nitrogen and oxygen atoms in total. The highest BCUT2D eigenvalue weighted by Gasteiger charge is 2.10. The Balaban J connectivity index is 2.60. The van der Waals surface area contributed by atoms with Gasteiger partial charge in [-0.25, -0.2) is 14.2 Å². The third-order valence-corrected chi connectivity index (χ3v) is 2.15. The Morgan fingerprint density at radius 1 is 1.38 bits per heavy atom. The molecular formula is C11H9FN2O2. The third-order valence-electron chi connectivity index (χ3n) is 2.15. The van der Waals surface area contributed by atoms with Crippen molar-refractivity contribution < 1.29 is 9.13 Å². The maximum absolute atomic E-state index is 13.8. The number of hydrogen-bond acceptors (Lipinski definition) is 3. The van der Waals surface area contributed by atoms with Gasteiger partial charge < -0.3 is 9.72 Å². The van der Waals surface area contributed by atoms with E-state index in [1.807, 2.05) is 0 Å². The van der Waals surface area contributed by atoms with Crippen LogP contribution in [-0.4, -0.2) is 17.1 Å². The number of rotatable bonds is 2. The fourth-order valence-electron chi connectivity index (χ4n) is 1.40. The molecule has 1 N–H and O–H groups in total. The Hall–Kier alpha value is -2.17. The van der Waals surface area contributed by atoms with Crippen LogP contribution < -0.4 is 10.4 Å². The Morgan fingerprint density at radius 3 is 2.88 bits per heavy atom. The second-order valence-corrected chi connectivity index (χ2v) is 3.11. The summed E-state index contributed by atoms with van der Waals surface area (Å²) >= 11 is 0. The van der Waals surface area contributed by atoms with Crippen LogP contribution in [0.25, 0.3) is 11.3 Å². The normalized spacial score (nSPS) is 10.1. The molecule has 0 saturated carbocycles. The lowest BCUT2D eigenvalue weighted by molar-refractivity contribution is 0.387. The minimum Gasteiger partial charge on any atom is -0.494 e.